The third-order valence-corrected chi connectivity index (χ3v) is 7.90. The van der Waals surface area contributed by atoms with Crippen molar-refractivity contribution in [3.05, 3.63) is 76.6 Å². The van der Waals surface area contributed by atoms with Crippen LogP contribution in [-0.2, 0) is 9.53 Å². The Balaban J connectivity index is 1.28. The number of aromatic amines is 1. The Hall–Kier alpha value is -4.11. The fraction of sp³-hybridized carbons (Fsp3) is 0.355. The van der Waals surface area contributed by atoms with Crippen LogP contribution in [-0.4, -0.2) is 34.1 Å². The highest BCUT2D eigenvalue weighted by Crippen LogP contribution is 2.32. The third kappa shape index (κ3) is 5.60. The van der Waals surface area contributed by atoms with Gasteiger partial charge in [-0.3, -0.25) is 9.59 Å². The molecule has 0 bridgehead atoms. The maximum absolute atomic E-state index is 15.4. The number of carbonyl (C=O) groups is 1. The smallest absolute Gasteiger partial charge is 0.259 e. The summed E-state index contributed by atoms with van der Waals surface area (Å²) in [5.41, 5.74) is 2.74. The Kier molecular flexibility index (Phi) is 7.55. The van der Waals surface area contributed by atoms with Gasteiger partial charge >= 0.3 is 0 Å². The fourth-order valence-electron chi connectivity index (χ4n) is 5.70. The van der Waals surface area contributed by atoms with Crippen molar-refractivity contribution in [2.45, 2.75) is 50.9 Å². The number of halogens is 1. The van der Waals surface area contributed by atoms with Crippen LogP contribution < -0.4 is 16.2 Å². The van der Waals surface area contributed by atoms with Crippen LogP contribution in [0.15, 0.2) is 59.7 Å². The lowest BCUT2D eigenvalue weighted by Crippen LogP contribution is -2.24. The predicted molar refractivity (Wildman–Crippen MR) is 153 cm³/mol. The lowest BCUT2D eigenvalue weighted by atomic mass is 9.88. The van der Waals surface area contributed by atoms with Crippen LogP contribution in [0.2, 0.25) is 0 Å². The molecule has 0 spiro atoms. The predicted octanol–water partition coefficient (Wildman–Crippen LogP) is 6.28. The van der Waals surface area contributed by atoms with Gasteiger partial charge in [-0.05, 0) is 67.6 Å². The standard InChI is InChI=1S/C31H32FN5O3/c32-24-15-22(35-30(38)19-5-2-1-3-6-19)9-10-23(24)26-16-27(29-25(36-26)12-13-33-31(29)39)37-28-11-8-20(17-34-28)21-7-4-14-40-18-21/h8-13,15-17,19,21H,1-7,14,18H2,(H,33,39)(H,35,38)(H,34,36,37). The number of pyridine rings is 3. The van der Waals surface area contributed by atoms with E-state index in [0.717, 1.165) is 57.1 Å². The van der Waals surface area contributed by atoms with E-state index in [1.54, 1.807) is 24.3 Å². The molecule has 9 heteroatoms. The molecular weight excluding hydrogens is 509 g/mol. The molecule has 206 valence electrons. The van der Waals surface area contributed by atoms with E-state index in [-0.39, 0.29) is 22.9 Å². The van der Waals surface area contributed by atoms with Gasteiger partial charge in [0.1, 0.15) is 11.6 Å². The molecule has 1 saturated carbocycles. The molecule has 4 aromatic rings. The molecule has 40 heavy (non-hydrogen) atoms. The Morgan fingerprint density at radius 3 is 2.65 bits per heavy atom. The zero-order chi connectivity index (χ0) is 27.5. The van der Waals surface area contributed by atoms with E-state index in [4.69, 9.17) is 4.74 Å². The molecule has 0 radical (unpaired) electrons. The van der Waals surface area contributed by atoms with E-state index < -0.39 is 5.82 Å². The van der Waals surface area contributed by atoms with E-state index in [2.05, 4.69) is 25.6 Å². The minimum Gasteiger partial charge on any atom is -0.381 e. The van der Waals surface area contributed by atoms with Crippen molar-refractivity contribution in [2.75, 3.05) is 23.8 Å². The minimum atomic E-state index is -0.513. The van der Waals surface area contributed by atoms with E-state index in [9.17, 15) is 9.59 Å². The summed E-state index contributed by atoms with van der Waals surface area (Å²) in [6, 6.07) is 11.8. The third-order valence-electron chi connectivity index (χ3n) is 7.90. The molecule has 1 saturated heterocycles. The van der Waals surface area contributed by atoms with E-state index in [1.807, 2.05) is 18.3 Å². The molecule has 8 nitrogen and oxygen atoms in total. The number of fused-ring (bicyclic) bond motifs is 1. The number of amides is 1. The van der Waals surface area contributed by atoms with Crippen LogP contribution in [0.4, 0.5) is 21.6 Å². The maximum Gasteiger partial charge on any atom is 0.259 e. The van der Waals surface area contributed by atoms with Crippen LogP contribution in [0.3, 0.4) is 0 Å². The largest absolute Gasteiger partial charge is 0.381 e. The number of carbonyl (C=O) groups excluding carboxylic acids is 1. The van der Waals surface area contributed by atoms with Gasteiger partial charge in [0.25, 0.3) is 5.56 Å². The molecular formula is C31H32FN5O3. The van der Waals surface area contributed by atoms with Gasteiger partial charge in [0.05, 0.1) is 28.9 Å². The normalized spacial score (nSPS) is 18.0. The van der Waals surface area contributed by atoms with Crippen molar-refractivity contribution in [1.29, 1.82) is 0 Å². The Labute approximate surface area is 231 Å². The lowest BCUT2D eigenvalue weighted by Gasteiger charge is -2.22. The Morgan fingerprint density at radius 1 is 1.02 bits per heavy atom. The molecule has 1 aliphatic heterocycles. The van der Waals surface area contributed by atoms with Gasteiger partial charge in [-0.1, -0.05) is 25.3 Å². The summed E-state index contributed by atoms with van der Waals surface area (Å²) >= 11 is 0. The SMILES string of the molecule is O=C(Nc1ccc(-c2cc(Nc3ccc(C4CCCOC4)cn3)c3c(=O)[nH]ccc3n2)c(F)c1)C1CCCCC1. The number of rotatable bonds is 6. The number of nitrogens with zero attached hydrogens (tertiary/aromatic N) is 2. The molecule has 2 fully saturated rings. The molecule has 1 aromatic carbocycles. The van der Waals surface area contributed by atoms with Crippen LogP contribution in [0.5, 0.6) is 0 Å². The molecule has 1 unspecified atom stereocenters. The molecule has 3 aromatic heterocycles. The van der Waals surface area contributed by atoms with Crippen molar-refractivity contribution in [3.63, 3.8) is 0 Å². The van der Waals surface area contributed by atoms with Crippen molar-refractivity contribution < 1.29 is 13.9 Å². The average molecular weight is 542 g/mol. The molecule has 6 rings (SSSR count). The first-order valence-corrected chi connectivity index (χ1v) is 14.0. The number of nitrogens with one attached hydrogen (secondary N) is 3. The van der Waals surface area contributed by atoms with Gasteiger partial charge in [0.15, 0.2) is 0 Å². The average Bonchev–Trinajstić information content (AvgIpc) is 2.98. The number of benzene rings is 1. The highest BCUT2D eigenvalue weighted by Gasteiger charge is 2.22. The van der Waals surface area contributed by atoms with Gasteiger partial charge in [-0.15, -0.1) is 0 Å². The zero-order valence-corrected chi connectivity index (χ0v) is 22.2. The first kappa shape index (κ1) is 26.1. The second-order valence-electron chi connectivity index (χ2n) is 10.7. The number of hydrogen-bond acceptors (Lipinski definition) is 6. The van der Waals surface area contributed by atoms with Gasteiger partial charge in [-0.2, -0.15) is 0 Å². The summed E-state index contributed by atoms with van der Waals surface area (Å²) in [5, 5.41) is 6.46. The Bertz CT molecular complexity index is 1570. The van der Waals surface area contributed by atoms with Crippen molar-refractivity contribution in [1.82, 2.24) is 15.0 Å². The van der Waals surface area contributed by atoms with Crippen LogP contribution in [0, 0.1) is 11.7 Å². The summed E-state index contributed by atoms with van der Waals surface area (Å²) in [5.74, 6) is 0.287. The molecule has 1 aliphatic carbocycles. The van der Waals surface area contributed by atoms with E-state index in [0.29, 0.717) is 46.3 Å². The lowest BCUT2D eigenvalue weighted by molar-refractivity contribution is -0.120. The highest BCUT2D eigenvalue weighted by molar-refractivity contribution is 5.95. The number of H-pyrrole nitrogens is 1. The summed E-state index contributed by atoms with van der Waals surface area (Å²) in [6.45, 7) is 1.49. The Morgan fingerprint density at radius 2 is 1.90 bits per heavy atom. The van der Waals surface area contributed by atoms with Crippen molar-refractivity contribution >= 4 is 34.0 Å². The molecule has 1 amide bonds. The van der Waals surface area contributed by atoms with Gasteiger partial charge < -0.3 is 20.4 Å². The summed E-state index contributed by atoms with van der Waals surface area (Å²) in [4.78, 5) is 37.2. The molecule has 4 heterocycles. The second kappa shape index (κ2) is 11.6. The van der Waals surface area contributed by atoms with Crippen LogP contribution in [0.1, 0.15) is 56.4 Å². The molecule has 3 N–H and O–H groups in total. The summed E-state index contributed by atoms with van der Waals surface area (Å²) in [6.07, 6.45) is 10.4. The van der Waals surface area contributed by atoms with Crippen LogP contribution >= 0.6 is 0 Å². The van der Waals surface area contributed by atoms with Gasteiger partial charge in [0.2, 0.25) is 5.91 Å². The highest BCUT2D eigenvalue weighted by atomic mass is 19.1. The first-order valence-electron chi connectivity index (χ1n) is 14.0. The number of aromatic nitrogens is 3. The van der Waals surface area contributed by atoms with Gasteiger partial charge in [-0.25, -0.2) is 14.4 Å². The topological polar surface area (TPSA) is 109 Å². The number of anilines is 3. The molecule has 2 aliphatic rings. The zero-order valence-electron chi connectivity index (χ0n) is 22.2. The van der Waals surface area contributed by atoms with Gasteiger partial charge in [0, 0.05) is 42.1 Å². The van der Waals surface area contributed by atoms with E-state index >= 15 is 4.39 Å². The molecule has 1 atom stereocenters. The maximum atomic E-state index is 15.4. The second-order valence-corrected chi connectivity index (χ2v) is 10.7. The summed E-state index contributed by atoms with van der Waals surface area (Å²) in [7, 11) is 0. The number of ether oxygens (including phenoxy) is 1. The monoisotopic (exact) mass is 541 g/mol. The van der Waals surface area contributed by atoms with Crippen molar-refractivity contribution in [3.8, 4) is 11.3 Å². The first-order chi connectivity index (χ1) is 19.5. The summed E-state index contributed by atoms with van der Waals surface area (Å²) < 4.78 is 21.0. The fourth-order valence-corrected chi connectivity index (χ4v) is 5.70. The minimum absolute atomic E-state index is 0.0240. The number of hydrogen-bond donors (Lipinski definition) is 3. The van der Waals surface area contributed by atoms with Crippen molar-refractivity contribution in [2.24, 2.45) is 5.92 Å². The quantitative estimate of drug-likeness (QED) is 0.265. The van der Waals surface area contributed by atoms with Crippen LogP contribution in [0.25, 0.3) is 22.2 Å². The van der Waals surface area contributed by atoms with E-state index in [1.165, 1.54) is 12.3 Å².